The summed E-state index contributed by atoms with van der Waals surface area (Å²) in [5, 5.41) is 11.9. The molecule has 5 nitrogen and oxygen atoms in total. The summed E-state index contributed by atoms with van der Waals surface area (Å²) in [4.78, 5) is 13.1. The van der Waals surface area contributed by atoms with E-state index in [9.17, 15) is 4.79 Å². The molecular weight excluding hydrogens is 290 g/mol. The zero-order valence-electron chi connectivity index (χ0n) is 13.3. The molecule has 120 valence electrons. The zero-order valence-corrected chi connectivity index (χ0v) is 13.3. The number of hydrogen-bond donors (Lipinski definition) is 3. The van der Waals surface area contributed by atoms with Crippen LogP contribution in [0.2, 0.25) is 0 Å². The van der Waals surface area contributed by atoms with Crippen LogP contribution in [-0.2, 0) is 11.3 Å². The molecule has 0 aliphatic carbocycles. The van der Waals surface area contributed by atoms with Gasteiger partial charge in [-0.1, -0.05) is 24.3 Å². The Kier molecular flexibility index (Phi) is 5.77. The number of nitrogens with zero attached hydrogens (tertiary/aromatic N) is 1. The standard InChI is InChI=1S/C18H21N3O2/c1-21(2)17-8-4-7-16(12-17)19-13-15-6-3-5-14(11-15)9-10-18(22)20-23/h3-12,19,23H,13H2,1-2H3,(H,20,22)/b10-9+. The third kappa shape index (κ3) is 5.16. The van der Waals surface area contributed by atoms with E-state index in [0.29, 0.717) is 6.54 Å². The van der Waals surface area contributed by atoms with Crippen LogP contribution >= 0.6 is 0 Å². The summed E-state index contributed by atoms with van der Waals surface area (Å²) in [6.07, 6.45) is 2.94. The van der Waals surface area contributed by atoms with Gasteiger partial charge >= 0.3 is 0 Å². The van der Waals surface area contributed by atoms with Crippen LogP contribution in [-0.4, -0.2) is 25.2 Å². The molecule has 2 aromatic carbocycles. The largest absolute Gasteiger partial charge is 0.381 e. The Balaban J connectivity index is 2.02. The first-order valence-electron chi connectivity index (χ1n) is 7.31. The fourth-order valence-electron chi connectivity index (χ4n) is 2.11. The Bertz CT molecular complexity index is 696. The van der Waals surface area contributed by atoms with Crippen LogP contribution in [0.4, 0.5) is 11.4 Å². The molecule has 0 aromatic heterocycles. The fourth-order valence-corrected chi connectivity index (χ4v) is 2.11. The van der Waals surface area contributed by atoms with Crippen LogP contribution in [0.1, 0.15) is 11.1 Å². The second-order valence-corrected chi connectivity index (χ2v) is 5.35. The molecule has 5 heteroatoms. The van der Waals surface area contributed by atoms with Gasteiger partial charge in [0.1, 0.15) is 0 Å². The fraction of sp³-hybridized carbons (Fsp3) is 0.167. The third-order valence-corrected chi connectivity index (χ3v) is 3.35. The molecule has 1 amide bonds. The van der Waals surface area contributed by atoms with E-state index >= 15 is 0 Å². The number of hydrogen-bond acceptors (Lipinski definition) is 4. The number of nitrogens with one attached hydrogen (secondary N) is 2. The lowest BCUT2D eigenvalue weighted by molar-refractivity contribution is -0.124. The van der Waals surface area contributed by atoms with Crippen LogP contribution in [0, 0.1) is 0 Å². The van der Waals surface area contributed by atoms with Gasteiger partial charge in [-0.05, 0) is 41.5 Å². The average Bonchev–Trinajstić information content (AvgIpc) is 2.58. The van der Waals surface area contributed by atoms with Crippen molar-refractivity contribution in [2.45, 2.75) is 6.54 Å². The van der Waals surface area contributed by atoms with Crippen molar-refractivity contribution in [2.75, 3.05) is 24.3 Å². The van der Waals surface area contributed by atoms with Crippen molar-refractivity contribution in [1.29, 1.82) is 0 Å². The lowest BCUT2D eigenvalue weighted by atomic mass is 10.1. The molecule has 0 atom stereocenters. The maximum absolute atomic E-state index is 11.0. The van der Waals surface area contributed by atoms with E-state index in [1.54, 1.807) is 11.6 Å². The van der Waals surface area contributed by atoms with Gasteiger partial charge in [-0.25, -0.2) is 5.48 Å². The number of anilines is 2. The minimum atomic E-state index is -0.547. The second kappa shape index (κ2) is 8.00. The SMILES string of the molecule is CN(C)c1cccc(NCc2cccc(/C=C/C(=O)NO)c2)c1. The number of benzene rings is 2. The van der Waals surface area contributed by atoms with E-state index in [1.807, 2.05) is 50.5 Å². The molecule has 0 aliphatic heterocycles. The summed E-state index contributed by atoms with van der Waals surface area (Å²) in [5.41, 5.74) is 5.76. The minimum Gasteiger partial charge on any atom is -0.381 e. The van der Waals surface area contributed by atoms with E-state index in [0.717, 1.165) is 22.5 Å². The van der Waals surface area contributed by atoms with Crippen molar-refractivity contribution in [1.82, 2.24) is 5.48 Å². The molecule has 0 fully saturated rings. The molecule has 2 rings (SSSR count). The molecule has 0 saturated heterocycles. The van der Waals surface area contributed by atoms with Crippen molar-refractivity contribution < 1.29 is 10.0 Å². The number of amides is 1. The molecule has 0 bridgehead atoms. The van der Waals surface area contributed by atoms with E-state index in [-0.39, 0.29) is 0 Å². The Morgan fingerprint density at radius 1 is 1.17 bits per heavy atom. The summed E-state index contributed by atoms with van der Waals surface area (Å²) in [6.45, 7) is 0.685. The summed E-state index contributed by atoms with van der Waals surface area (Å²) >= 11 is 0. The van der Waals surface area contributed by atoms with Crippen LogP contribution < -0.4 is 15.7 Å². The highest BCUT2D eigenvalue weighted by Gasteiger charge is 1.99. The number of rotatable bonds is 6. The zero-order chi connectivity index (χ0) is 16.7. The van der Waals surface area contributed by atoms with Crippen molar-refractivity contribution in [2.24, 2.45) is 0 Å². The lowest BCUT2D eigenvalue weighted by Crippen LogP contribution is -2.14. The van der Waals surface area contributed by atoms with Crippen molar-refractivity contribution in [3.05, 3.63) is 65.7 Å². The first-order chi connectivity index (χ1) is 11.1. The van der Waals surface area contributed by atoms with Crippen molar-refractivity contribution in [3.63, 3.8) is 0 Å². The minimum absolute atomic E-state index is 0.547. The summed E-state index contributed by atoms with van der Waals surface area (Å²) < 4.78 is 0. The van der Waals surface area contributed by atoms with Gasteiger partial charge in [0.25, 0.3) is 5.91 Å². The van der Waals surface area contributed by atoms with E-state index in [2.05, 4.69) is 22.3 Å². The molecule has 0 aliphatic rings. The molecule has 3 N–H and O–H groups in total. The predicted molar refractivity (Wildman–Crippen MR) is 93.5 cm³/mol. The van der Waals surface area contributed by atoms with Gasteiger partial charge in [0.2, 0.25) is 0 Å². The maximum atomic E-state index is 11.0. The molecule has 0 heterocycles. The van der Waals surface area contributed by atoms with E-state index in [4.69, 9.17) is 5.21 Å². The first kappa shape index (κ1) is 16.6. The van der Waals surface area contributed by atoms with E-state index < -0.39 is 5.91 Å². The summed E-state index contributed by atoms with van der Waals surface area (Å²) in [6, 6.07) is 16.0. The molecule has 0 radical (unpaired) electrons. The van der Waals surface area contributed by atoms with Crippen LogP contribution in [0.3, 0.4) is 0 Å². The monoisotopic (exact) mass is 311 g/mol. The quantitative estimate of drug-likeness (QED) is 0.436. The first-order valence-corrected chi connectivity index (χ1v) is 7.31. The van der Waals surface area contributed by atoms with Gasteiger partial charge < -0.3 is 10.2 Å². The topological polar surface area (TPSA) is 64.6 Å². The highest BCUT2D eigenvalue weighted by molar-refractivity contribution is 5.90. The molecule has 0 unspecified atom stereocenters. The predicted octanol–water partition coefficient (Wildman–Crippen LogP) is 2.88. The summed E-state index contributed by atoms with van der Waals surface area (Å²) in [7, 11) is 4.02. The van der Waals surface area contributed by atoms with Crippen LogP contribution in [0.25, 0.3) is 6.08 Å². The maximum Gasteiger partial charge on any atom is 0.267 e. The van der Waals surface area contributed by atoms with Crippen molar-refractivity contribution >= 4 is 23.4 Å². The van der Waals surface area contributed by atoms with Crippen LogP contribution in [0.5, 0.6) is 0 Å². The number of carbonyl (C=O) groups is 1. The Morgan fingerprint density at radius 2 is 1.96 bits per heavy atom. The van der Waals surface area contributed by atoms with E-state index in [1.165, 1.54) is 6.08 Å². The number of hydroxylamine groups is 1. The van der Waals surface area contributed by atoms with Crippen molar-refractivity contribution in [3.8, 4) is 0 Å². The third-order valence-electron chi connectivity index (χ3n) is 3.35. The Hall–Kier alpha value is -2.79. The molecule has 0 saturated carbocycles. The molecule has 23 heavy (non-hydrogen) atoms. The Morgan fingerprint density at radius 3 is 2.70 bits per heavy atom. The Labute approximate surface area is 136 Å². The smallest absolute Gasteiger partial charge is 0.267 e. The van der Waals surface area contributed by atoms with Crippen LogP contribution in [0.15, 0.2) is 54.6 Å². The lowest BCUT2D eigenvalue weighted by Gasteiger charge is -2.14. The van der Waals surface area contributed by atoms with Gasteiger partial charge in [0.05, 0.1) is 0 Å². The molecule has 2 aromatic rings. The molecule has 0 spiro atoms. The van der Waals surface area contributed by atoms with Gasteiger partial charge in [-0.3, -0.25) is 10.0 Å². The highest BCUT2D eigenvalue weighted by Crippen LogP contribution is 2.18. The number of carbonyl (C=O) groups excluding carboxylic acids is 1. The van der Waals surface area contributed by atoms with Gasteiger partial charge in [-0.2, -0.15) is 0 Å². The van der Waals surface area contributed by atoms with Gasteiger partial charge in [0.15, 0.2) is 0 Å². The average molecular weight is 311 g/mol. The molecular formula is C18H21N3O2. The van der Waals surface area contributed by atoms with Gasteiger partial charge in [-0.15, -0.1) is 0 Å². The highest BCUT2D eigenvalue weighted by atomic mass is 16.5. The normalized spacial score (nSPS) is 10.6. The second-order valence-electron chi connectivity index (χ2n) is 5.35. The van der Waals surface area contributed by atoms with Gasteiger partial charge in [0, 0.05) is 38.1 Å². The summed E-state index contributed by atoms with van der Waals surface area (Å²) in [5.74, 6) is -0.547.